The van der Waals surface area contributed by atoms with Crippen LogP contribution in [-0.2, 0) is 0 Å². The first-order valence-electron chi connectivity index (χ1n) is 7.28. The Bertz CT molecular complexity index is 616. The molecule has 21 heavy (non-hydrogen) atoms. The Labute approximate surface area is 133 Å². The van der Waals surface area contributed by atoms with Crippen LogP contribution in [-0.4, -0.2) is 17.6 Å². The topological polar surface area (TPSA) is 80.0 Å². The molecule has 1 aromatic carbocycles. The van der Waals surface area contributed by atoms with Crippen LogP contribution in [0, 0.1) is 6.92 Å². The Hall–Kier alpha value is -1.56. The molecule has 5 nitrogen and oxygen atoms in total. The van der Waals surface area contributed by atoms with Crippen LogP contribution >= 0.6 is 15.9 Å². The summed E-state index contributed by atoms with van der Waals surface area (Å²) in [6, 6.07) is 6.11. The van der Waals surface area contributed by atoms with E-state index in [1.807, 2.05) is 12.1 Å². The predicted octanol–water partition coefficient (Wildman–Crippen LogP) is 2.87. The fourth-order valence-electron chi connectivity index (χ4n) is 3.31. The van der Waals surface area contributed by atoms with Crippen LogP contribution in [0.1, 0.15) is 37.7 Å². The highest BCUT2D eigenvalue weighted by Crippen LogP contribution is 2.41. The van der Waals surface area contributed by atoms with Crippen molar-refractivity contribution >= 4 is 33.5 Å². The highest BCUT2D eigenvalue weighted by Gasteiger charge is 2.43. The molecule has 1 aromatic rings. The summed E-state index contributed by atoms with van der Waals surface area (Å²) in [4.78, 5) is 11.0. The lowest BCUT2D eigenvalue weighted by atomic mass is 9.87. The number of aliphatic imine (C=N–C) groups is 2. The lowest BCUT2D eigenvalue weighted by Gasteiger charge is -2.46. The van der Waals surface area contributed by atoms with Gasteiger partial charge < -0.3 is 11.5 Å². The van der Waals surface area contributed by atoms with E-state index in [0.717, 1.165) is 41.4 Å². The maximum atomic E-state index is 6.23. The highest BCUT2D eigenvalue weighted by molar-refractivity contribution is 9.10. The molecule has 1 aliphatic heterocycles. The van der Waals surface area contributed by atoms with Gasteiger partial charge in [0, 0.05) is 4.47 Å². The Kier molecular flexibility index (Phi) is 3.65. The minimum absolute atomic E-state index is 0.290. The molecule has 1 aliphatic carbocycles. The normalized spacial score (nSPS) is 21.1. The van der Waals surface area contributed by atoms with E-state index in [4.69, 9.17) is 11.5 Å². The molecule has 0 amide bonds. The van der Waals surface area contributed by atoms with Gasteiger partial charge in [-0.3, -0.25) is 4.90 Å². The number of halogens is 1. The highest BCUT2D eigenvalue weighted by atomic mass is 79.9. The summed E-state index contributed by atoms with van der Waals surface area (Å²) in [6.45, 7) is 2.07. The van der Waals surface area contributed by atoms with Gasteiger partial charge in [0.2, 0.25) is 11.9 Å². The van der Waals surface area contributed by atoms with Crippen LogP contribution in [0.4, 0.5) is 5.69 Å². The van der Waals surface area contributed by atoms with Gasteiger partial charge in [-0.05, 0) is 50.3 Å². The number of hydrogen-bond acceptors (Lipinski definition) is 5. The Morgan fingerprint density at radius 1 is 1.19 bits per heavy atom. The second kappa shape index (κ2) is 5.33. The number of anilines is 1. The third kappa shape index (κ3) is 2.41. The minimum atomic E-state index is -0.375. The van der Waals surface area contributed by atoms with E-state index in [2.05, 4.69) is 43.8 Å². The monoisotopic (exact) mass is 349 g/mol. The molecule has 6 heteroatoms. The molecule has 1 heterocycles. The van der Waals surface area contributed by atoms with Crippen molar-refractivity contribution in [3.63, 3.8) is 0 Å². The van der Waals surface area contributed by atoms with Crippen molar-refractivity contribution in [2.75, 3.05) is 4.90 Å². The first-order chi connectivity index (χ1) is 10.0. The SMILES string of the molecule is Cc1c(Br)cccc1N1C(N)=NC(N)=NC12CCCCC2. The van der Waals surface area contributed by atoms with E-state index in [1.54, 1.807) is 0 Å². The summed E-state index contributed by atoms with van der Waals surface area (Å²) in [5, 5.41) is 0. The molecule has 1 spiro atoms. The largest absolute Gasteiger partial charge is 0.369 e. The second-order valence-corrected chi connectivity index (χ2v) is 6.56. The quantitative estimate of drug-likeness (QED) is 0.817. The molecule has 1 fully saturated rings. The molecule has 112 valence electrons. The average Bonchev–Trinajstić information content (AvgIpc) is 2.43. The number of nitrogens with two attached hydrogens (primary N) is 2. The summed E-state index contributed by atoms with van der Waals surface area (Å²) < 4.78 is 1.06. The maximum absolute atomic E-state index is 6.23. The van der Waals surface area contributed by atoms with E-state index in [9.17, 15) is 0 Å². The van der Waals surface area contributed by atoms with E-state index in [1.165, 1.54) is 6.42 Å². The predicted molar refractivity (Wildman–Crippen MR) is 90.4 cm³/mol. The van der Waals surface area contributed by atoms with Gasteiger partial charge in [0.1, 0.15) is 5.66 Å². The van der Waals surface area contributed by atoms with Crippen LogP contribution < -0.4 is 16.4 Å². The second-order valence-electron chi connectivity index (χ2n) is 5.70. The van der Waals surface area contributed by atoms with Crippen LogP contribution in [0.15, 0.2) is 32.7 Å². The molecule has 1 saturated carbocycles. The molecule has 3 rings (SSSR count). The van der Waals surface area contributed by atoms with Gasteiger partial charge in [0.05, 0.1) is 5.69 Å². The first kappa shape index (κ1) is 14.4. The van der Waals surface area contributed by atoms with Gasteiger partial charge in [-0.25, -0.2) is 4.99 Å². The van der Waals surface area contributed by atoms with Crippen molar-refractivity contribution in [3.8, 4) is 0 Å². The van der Waals surface area contributed by atoms with Crippen LogP contribution in [0.25, 0.3) is 0 Å². The maximum Gasteiger partial charge on any atom is 0.220 e. The smallest absolute Gasteiger partial charge is 0.220 e. The summed E-state index contributed by atoms with van der Waals surface area (Å²) in [5.41, 5.74) is 13.9. The third-order valence-corrected chi connectivity index (χ3v) is 5.19. The molecule has 2 aliphatic rings. The van der Waals surface area contributed by atoms with Gasteiger partial charge in [-0.2, -0.15) is 4.99 Å². The molecule has 0 unspecified atom stereocenters. The fraction of sp³-hybridized carbons (Fsp3) is 0.467. The first-order valence-corrected chi connectivity index (χ1v) is 8.08. The number of rotatable bonds is 1. The van der Waals surface area contributed by atoms with E-state index in [0.29, 0.717) is 11.9 Å². The molecule has 0 saturated heterocycles. The Morgan fingerprint density at radius 3 is 2.62 bits per heavy atom. The molecule has 0 radical (unpaired) electrons. The number of guanidine groups is 2. The van der Waals surface area contributed by atoms with Crippen molar-refractivity contribution in [1.82, 2.24) is 0 Å². The van der Waals surface area contributed by atoms with Crippen LogP contribution in [0.2, 0.25) is 0 Å². The van der Waals surface area contributed by atoms with E-state index >= 15 is 0 Å². The van der Waals surface area contributed by atoms with Gasteiger partial charge in [0.15, 0.2) is 0 Å². The molecule has 4 N–H and O–H groups in total. The zero-order valence-corrected chi connectivity index (χ0v) is 13.7. The van der Waals surface area contributed by atoms with Gasteiger partial charge in [-0.15, -0.1) is 0 Å². The lowest BCUT2D eigenvalue weighted by Crippen LogP contribution is -2.58. The number of hydrogen-bond donors (Lipinski definition) is 2. The van der Waals surface area contributed by atoms with Crippen LogP contribution in [0.5, 0.6) is 0 Å². The summed E-state index contributed by atoms with van der Waals surface area (Å²) >= 11 is 3.59. The standard InChI is InChI=1S/C15H20BrN5/c1-10-11(16)6-5-7-12(10)21-14(18)19-13(17)20-15(21)8-3-2-4-9-15/h5-7H,2-4,8-9H2,1H3,(H4,17,18,19,20). The van der Waals surface area contributed by atoms with Gasteiger partial charge in [-0.1, -0.05) is 28.4 Å². The number of nitrogens with zero attached hydrogens (tertiary/aromatic N) is 3. The Morgan fingerprint density at radius 2 is 1.90 bits per heavy atom. The summed E-state index contributed by atoms with van der Waals surface area (Å²) in [6.07, 6.45) is 5.41. The van der Waals surface area contributed by atoms with Gasteiger partial charge >= 0.3 is 0 Å². The fourth-order valence-corrected chi connectivity index (χ4v) is 3.66. The molecular weight excluding hydrogens is 330 g/mol. The third-order valence-electron chi connectivity index (χ3n) is 4.33. The zero-order chi connectivity index (χ0) is 15.0. The van der Waals surface area contributed by atoms with Crippen molar-refractivity contribution < 1.29 is 0 Å². The lowest BCUT2D eigenvalue weighted by molar-refractivity contribution is 0.305. The van der Waals surface area contributed by atoms with Crippen molar-refractivity contribution in [1.29, 1.82) is 0 Å². The Balaban J connectivity index is 2.13. The summed E-state index contributed by atoms with van der Waals surface area (Å²) in [7, 11) is 0. The summed E-state index contributed by atoms with van der Waals surface area (Å²) in [5.74, 6) is 0.726. The molecule has 0 aromatic heterocycles. The van der Waals surface area contributed by atoms with Crippen molar-refractivity contribution in [3.05, 3.63) is 28.2 Å². The van der Waals surface area contributed by atoms with Crippen molar-refractivity contribution in [2.45, 2.75) is 44.7 Å². The van der Waals surface area contributed by atoms with E-state index in [-0.39, 0.29) is 5.66 Å². The van der Waals surface area contributed by atoms with E-state index < -0.39 is 0 Å². The molecule has 0 atom stereocenters. The van der Waals surface area contributed by atoms with Crippen molar-refractivity contribution in [2.24, 2.45) is 21.5 Å². The molecular formula is C15H20BrN5. The molecule has 0 bridgehead atoms. The number of benzene rings is 1. The average molecular weight is 350 g/mol. The minimum Gasteiger partial charge on any atom is -0.369 e. The van der Waals surface area contributed by atoms with Crippen LogP contribution in [0.3, 0.4) is 0 Å². The van der Waals surface area contributed by atoms with Gasteiger partial charge in [0.25, 0.3) is 0 Å². The zero-order valence-electron chi connectivity index (χ0n) is 12.1.